The van der Waals surface area contributed by atoms with Crippen molar-refractivity contribution in [3.63, 3.8) is 0 Å². The van der Waals surface area contributed by atoms with Crippen LogP contribution in [-0.4, -0.2) is 0 Å². The second kappa shape index (κ2) is 2.12. The van der Waals surface area contributed by atoms with Crippen molar-refractivity contribution in [2.75, 3.05) is 0 Å². The first-order valence-corrected chi connectivity index (χ1v) is 4.79. The maximum Gasteiger partial charge on any atom is -0.0152 e. The number of hydrogen-bond donors (Lipinski definition) is 0. The van der Waals surface area contributed by atoms with Crippen LogP contribution in [0.25, 0.3) is 0 Å². The molecule has 11 heavy (non-hydrogen) atoms. The average molecular weight is 150 g/mol. The highest BCUT2D eigenvalue weighted by Gasteiger charge is 2.44. The molecule has 0 aromatic carbocycles. The van der Waals surface area contributed by atoms with Gasteiger partial charge in [-0.2, -0.15) is 0 Å². The van der Waals surface area contributed by atoms with Crippen molar-refractivity contribution >= 4 is 0 Å². The van der Waals surface area contributed by atoms with Crippen molar-refractivity contribution < 1.29 is 0 Å². The molecule has 0 heterocycles. The second-order valence-corrected chi connectivity index (χ2v) is 4.83. The summed E-state index contributed by atoms with van der Waals surface area (Å²) in [6.07, 6.45) is 6.72. The quantitative estimate of drug-likeness (QED) is 0.464. The predicted molar refractivity (Wildman–Crippen MR) is 48.4 cm³/mol. The Morgan fingerprint density at radius 1 is 1.36 bits per heavy atom. The zero-order valence-electron chi connectivity index (χ0n) is 7.85. The lowest BCUT2D eigenvalue weighted by molar-refractivity contribution is 0.196. The fourth-order valence-corrected chi connectivity index (χ4v) is 3.10. The molecule has 0 spiro atoms. The summed E-state index contributed by atoms with van der Waals surface area (Å²) in [6, 6.07) is 0. The van der Waals surface area contributed by atoms with Crippen LogP contribution in [0.4, 0.5) is 0 Å². The van der Waals surface area contributed by atoms with Gasteiger partial charge in [0.15, 0.2) is 0 Å². The van der Waals surface area contributed by atoms with Gasteiger partial charge in [0.05, 0.1) is 0 Å². The standard InChI is InChI=1S/C11H18/c1-8-4-5-9-6-7-10(8)11(9,2)3/h4,9-10H,5-7H2,1-3H3/t9-,10-/m1/s1. The van der Waals surface area contributed by atoms with Crippen LogP contribution < -0.4 is 0 Å². The fraction of sp³-hybridized carbons (Fsp3) is 0.818. The van der Waals surface area contributed by atoms with Gasteiger partial charge >= 0.3 is 0 Å². The van der Waals surface area contributed by atoms with E-state index >= 15 is 0 Å². The summed E-state index contributed by atoms with van der Waals surface area (Å²) in [5.41, 5.74) is 2.27. The van der Waals surface area contributed by atoms with E-state index in [-0.39, 0.29) is 0 Å². The first-order chi connectivity index (χ1) is 5.12. The van der Waals surface area contributed by atoms with Gasteiger partial charge in [0.25, 0.3) is 0 Å². The van der Waals surface area contributed by atoms with Crippen molar-refractivity contribution in [2.24, 2.45) is 17.3 Å². The van der Waals surface area contributed by atoms with E-state index in [1.807, 2.05) is 0 Å². The van der Waals surface area contributed by atoms with Crippen LogP contribution in [0.1, 0.15) is 40.0 Å². The van der Waals surface area contributed by atoms with Crippen molar-refractivity contribution in [1.29, 1.82) is 0 Å². The maximum absolute atomic E-state index is 2.47. The summed E-state index contributed by atoms with van der Waals surface area (Å²) in [5, 5.41) is 0. The van der Waals surface area contributed by atoms with Gasteiger partial charge < -0.3 is 0 Å². The van der Waals surface area contributed by atoms with E-state index in [9.17, 15) is 0 Å². The van der Waals surface area contributed by atoms with E-state index in [1.165, 1.54) is 19.3 Å². The Morgan fingerprint density at radius 2 is 2.09 bits per heavy atom. The second-order valence-electron chi connectivity index (χ2n) is 4.83. The minimum Gasteiger partial charge on any atom is -0.0850 e. The van der Waals surface area contributed by atoms with Gasteiger partial charge in [-0.25, -0.2) is 0 Å². The van der Waals surface area contributed by atoms with Crippen molar-refractivity contribution in [1.82, 2.24) is 0 Å². The predicted octanol–water partition coefficient (Wildman–Crippen LogP) is 3.39. The van der Waals surface area contributed by atoms with E-state index in [1.54, 1.807) is 5.57 Å². The molecule has 0 heteroatoms. The Balaban J connectivity index is 2.36. The molecule has 62 valence electrons. The van der Waals surface area contributed by atoms with E-state index in [2.05, 4.69) is 26.8 Å². The highest BCUT2D eigenvalue weighted by molar-refractivity contribution is 5.17. The highest BCUT2D eigenvalue weighted by atomic mass is 14.5. The molecule has 2 aliphatic carbocycles. The van der Waals surface area contributed by atoms with Gasteiger partial charge in [-0.3, -0.25) is 0 Å². The summed E-state index contributed by atoms with van der Waals surface area (Å²) >= 11 is 0. The zero-order chi connectivity index (χ0) is 8.06. The molecule has 0 aromatic heterocycles. The van der Waals surface area contributed by atoms with Crippen LogP contribution in [-0.2, 0) is 0 Å². The van der Waals surface area contributed by atoms with Crippen LogP contribution in [0.5, 0.6) is 0 Å². The van der Waals surface area contributed by atoms with Crippen LogP contribution in [0, 0.1) is 17.3 Å². The van der Waals surface area contributed by atoms with Crippen LogP contribution in [0.3, 0.4) is 0 Å². The lowest BCUT2D eigenvalue weighted by atomic mass is 9.68. The third-order valence-electron chi connectivity index (χ3n) is 4.03. The molecular formula is C11H18. The molecule has 2 aliphatic rings. The summed E-state index contributed by atoms with van der Waals surface area (Å²) in [6.45, 7) is 7.21. The van der Waals surface area contributed by atoms with Gasteiger partial charge in [0.1, 0.15) is 0 Å². The molecule has 0 nitrogen and oxygen atoms in total. The Kier molecular flexibility index (Phi) is 1.42. The Bertz CT molecular complexity index is 198. The molecule has 0 unspecified atom stereocenters. The lowest BCUT2D eigenvalue weighted by Crippen LogP contribution is -2.28. The number of rotatable bonds is 0. The molecule has 0 aromatic rings. The molecule has 0 amide bonds. The summed E-state index contributed by atoms with van der Waals surface area (Å²) in [4.78, 5) is 0. The third-order valence-corrected chi connectivity index (χ3v) is 4.03. The van der Waals surface area contributed by atoms with Crippen LogP contribution in [0.15, 0.2) is 11.6 Å². The molecular weight excluding hydrogens is 132 g/mol. The van der Waals surface area contributed by atoms with Gasteiger partial charge in [0.2, 0.25) is 0 Å². The molecule has 1 fully saturated rings. The average Bonchev–Trinajstić information content (AvgIpc) is 2.15. The summed E-state index contributed by atoms with van der Waals surface area (Å²) < 4.78 is 0. The fourth-order valence-electron chi connectivity index (χ4n) is 3.10. The number of fused-ring (bicyclic) bond motifs is 2. The molecule has 2 atom stereocenters. The Morgan fingerprint density at radius 3 is 2.73 bits per heavy atom. The van der Waals surface area contributed by atoms with Crippen molar-refractivity contribution in [3.8, 4) is 0 Å². The monoisotopic (exact) mass is 150 g/mol. The molecule has 0 N–H and O–H groups in total. The molecule has 1 saturated carbocycles. The molecule has 0 aliphatic heterocycles. The van der Waals surface area contributed by atoms with Gasteiger partial charge in [-0.15, -0.1) is 0 Å². The van der Waals surface area contributed by atoms with E-state index in [0.29, 0.717) is 5.41 Å². The molecule has 0 saturated heterocycles. The Hall–Kier alpha value is -0.260. The minimum atomic E-state index is 0.610. The topological polar surface area (TPSA) is 0 Å². The van der Waals surface area contributed by atoms with Crippen LogP contribution >= 0.6 is 0 Å². The van der Waals surface area contributed by atoms with Crippen molar-refractivity contribution in [2.45, 2.75) is 40.0 Å². The smallest absolute Gasteiger partial charge is 0.0152 e. The minimum absolute atomic E-state index is 0.610. The maximum atomic E-state index is 2.47. The summed E-state index contributed by atoms with van der Waals surface area (Å²) in [5.74, 6) is 1.89. The Labute approximate surface area is 69.7 Å². The summed E-state index contributed by atoms with van der Waals surface area (Å²) in [7, 11) is 0. The molecule has 0 radical (unpaired) electrons. The molecule has 2 bridgehead atoms. The zero-order valence-corrected chi connectivity index (χ0v) is 7.85. The highest BCUT2D eigenvalue weighted by Crippen LogP contribution is 2.54. The first-order valence-electron chi connectivity index (χ1n) is 4.79. The van der Waals surface area contributed by atoms with Gasteiger partial charge in [-0.1, -0.05) is 25.5 Å². The normalized spacial score (nSPS) is 40.5. The van der Waals surface area contributed by atoms with Crippen molar-refractivity contribution in [3.05, 3.63) is 11.6 Å². The molecule has 2 rings (SSSR count). The SMILES string of the molecule is CC1=CC[C@@H]2CC[C@H]1C2(C)C. The van der Waals surface area contributed by atoms with Crippen LogP contribution in [0.2, 0.25) is 0 Å². The number of hydrogen-bond acceptors (Lipinski definition) is 0. The lowest BCUT2D eigenvalue weighted by Gasteiger charge is -2.37. The largest absolute Gasteiger partial charge is 0.0850 e. The van der Waals surface area contributed by atoms with E-state index in [4.69, 9.17) is 0 Å². The van der Waals surface area contributed by atoms with Gasteiger partial charge in [-0.05, 0) is 43.4 Å². The van der Waals surface area contributed by atoms with E-state index < -0.39 is 0 Å². The first kappa shape index (κ1) is 7.39. The van der Waals surface area contributed by atoms with E-state index in [0.717, 1.165) is 11.8 Å². The number of allylic oxidation sites excluding steroid dienone is 2. The third kappa shape index (κ3) is 0.881. The van der Waals surface area contributed by atoms with Gasteiger partial charge in [0, 0.05) is 0 Å².